The topological polar surface area (TPSA) is 96.0 Å². The first-order chi connectivity index (χ1) is 5.81. The van der Waals surface area contributed by atoms with E-state index in [1.807, 2.05) is 13.8 Å². The van der Waals surface area contributed by atoms with Crippen LogP contribution in [0.4, 0.5) is 0 Å². The normalized spacial score (nSPS) is 12.8. The second kappa shape index (κ2) is 5.70. The van der Waals surface area contributed by atoms with Crippen molar-refractivity contribution in [3.63, 3.8) is 0 Å². The van der Waals surface area contributed by atoms with Crippen molar-refractivity contribution >= 4 is 7.82 Å². The maximum atomic E-state index is 10.2. The molecule has 0 atom stereocenters. The molecule has 0 fully saturated rings. The van der Waals surface area contributed by atoms with Crippen LogP contribution in [0.1, 0.15) is 13.8 Å². The predicted octanol–water partition coefficient (Wildman–Crippen LogP) is -0.0726. The van der Waals surface area contributed by atoms with E-state index in [-0.39, 0.29) is 6.61 Å². The monoisotopic (exact) mass is 212 g/mol. The van der Waals surface area contributed by atoms with Crippen LogP contribution in [-0.4, -0.2) is 34.5 Å². The number of hydrogen-bond donors (Lipinski definition) is 3. The van der Waals surface area contributed by atoms with Crippen LogP contribution >= 0.6 is 7.82 Å². The molecule has 0 aromatic rings. The van der Waals surface area contributed by atoms with E-state index in [4.69, 9.17) is 15.6 Å². The summed E-state index contributed by atoms with van der Waals surface area (Å²) in [6.45, 7) is 4.93. The Morgan fingerprint density at radius 2 is 2.08 bits per heavy atom. The molecule has 0 aliphatic rings. The molecule has 7 heteroatoms. The summed E-state index contributed by atoms with van der Waals surface area (Å²) in [5.41, 5.74) is 0. The van der Waals surface area contributed by atoms with Gasteiger partial charge in [0.25, 0.3) is 0 Å². The summed E-state index contributed by atoms with van der Waals surface area (Å²) in [6, 6.07) is 0. The van der Waals surface area contributed by atoms with Crippen molar-refractivity contribution in [3.8, 4) is 0 Å². The minimum Gasteiger partial charge on any atom is -0.303 e. The summed E-state index contributed by atoms with van der Waals surface area (Å²) in [6.07, 6.45) is 0. The molecule has 0 aromatic carbocycles. The van der Waals surface area contributed by atoms with Crippen LogP contribution < -0.4 is 5.84 Å². The average molecular weight is 212 g/mol. The molecule has 0 unspecified atom stereocenters. The Kier molecular flexibility index (Phi) is 5.71. The quantitative estimate of drug-likeness (QED) is 0.324. The fourth-order valence-corrected chi connectivity index (χ4v) is 1.16. The van der Waals surface area contributed by atoms with Gasteiger partial charge in [-0.15, -0.1) is 0 Å². The second-order valence-electron chi connectivity index (χ2n) is 3.21. The highest BCUT2D eigenvalue weighted by molar-refractivity contribution is 7.46. The lowest BCUT2D eigenvalue weighted by Crippen LogP contribution is -2.36. The highest BCUT2D eigenvalue weighted by Gasteiger charge is 2.13. The molecule has 0 heterocycles. The standard InChI is InChI=1S/C6H17N2O4P/c1-6(2)5-8(7)3-4-12-13(9,10)11/h6H,3-5,7H2,1-2H3,(H2,9,10,11). The predicted molar refractivity (Wildman–Crippen MR) is 48.6 cm³/mol. The third-order valence-electron chi connectivity index (χ3n) is 1.24. The SMILES string of the molecule is CC(C)CN(N)CCOP(=O)(O)O. The van der Waals surface area contributed by atoms with Gasteiger partial charge in [-0.3, -0.25) is 10.4 Å². The van der Waals surface area contributed by atoms with Gasteiger partial charge in [-0.05, 0) is 5.92 Å². The van der Waals surface area contributed by atoms with Crippen LogP contribution in [0.3, 0.4) is 0 Å². The number of phosphoric acid groups is 1. The van der Waals surface area contributed by atoms with Crippen molar-refractivity contribution < 1.29 is 18.9 Å². The van der Waals surface area contributed by atoms with E-state index >= 15 is 0 Å². The van der Waals surface area contributed by atoms with Gasteiger partial charge in [-0.2, -0.15) is 0 Å². The van der Waals surface area contributed by atoms with E-state index < -0.39 is 7.82 Å². The summed E-state index contributed by atoms with van der Waals surface area (Å²) in [5.74, 6) is 5.92. The summed E-state index contributed by atoms with van der Waals surface area (Å²) < 4.78 is 14.5. The third-order valence-corrected chi connectivity index (χ3v) is 1.76. The molecular weight excluding hydrogens is 195 g/mol. The second-order valence-corrected chi connectivity index (χ2v) is 4.45. The summed E-state index contributed by atoms with van der Waals surface area (Å²) >= 11 is 0. The van der Waals surface area contributed by atoms with Gasteiger partial charge in [-0.1, -0.05) is 13.8 Å². The van der Waals surface area contributed by atoms with E-state index in [0.29, 0.717) is 19.0 Å². The van der Waals surface area contributed by atoms with Gasteiger partial charge in [0.2, 0.25) is 0 Å². The number of nitrogens with zero attached hydrogens (tertiary/aromatic N) is 1. The zero-order valence-corrected chi connectivity index (χ0v) is 8.78. The van der Waals surface area contributed by atoms with Crippen LogP contribution in [-0.2, 0) is 9.09 Å². The molecule has 0 bridgehead atoms. The molecule has 0 radical (unpaired) electrons. The molecule has 0 saturated carbocycles. The minimum absolute atomic E-state index is 0.0620. The summed E-state index contributed by atoms with van der Waals surface area (Å²) in [5, 5.41) is 1.47. The molecule has 0 spiro atoms. The number of hydrogen-bond acceptors (Lipinski definition) is 4. The van der Waals surface area contributed by atoms with Gasteiger partial charge < -0.3 is 9.79 Å². The van der Waals surface area contributed by atoms with E-state index in [0.717, 1.165) is 0 Å². The van der Waals surface area contributed by atoms with Gasteiger partial charge in [0.05, 0.1) is 6.61 Å². The van der Waals surface area contributed by atoms with E-state index in [9.17, 15) is 4.57 Å². The van der Waals surface area contributed by atoms with Crippen LogP contribution in [0, 0.1) is 5.92 Å². The Morgan fingerprint density at radius 1 is 1.54 bits per heavy atom. The van der Waals surface area contributed by atoms with Crippen molar-refractivity contribution in [1.82, 2.24) is 5.01 Å². The molecule has 4 N–H and O–H groups in total. The van der Waals surface area contributed by atoms with Gasteiger partial charge in [0.1, 0.15) is 0 Å². The van der Waals surface area contributed by atoms with Crippen LogP contribution in [0.25, 0.3) is 0 Å². The highest BCUT2D eigenvalue weighted by Crippen LogP contribution is 2.35. The zero-order valence-electron chi connectivity index (χ0n) is 7.88. The first-order valence-electron chi connectivity index (χ1n) is 4.01. The Labute approximate surface area is 77.9 Å². The Balaban J connectivity index is 3.48. The maximum Gasteiger partial charge on any atom is 0.469 e. The average Bonchev–Trinajstić information content (AvgIpc) is 1.81. The molecule has 0 rings (SSSR count). The molecule has 0 aromatic heterocycles. The maximum absolute atomic E-state index is 10.2. The number of nitrogens with two attached hydrogens (primary N) is 1. The number of phosphoric ester groups is 1. The smallest absolute Gasteiger partial charge is 0.303 e. The van der Waals surface area contributed by atoms with Gasteiger partial charge in [0, 0.05) is 13.1 Å². The molecule has 0 aliphatic carbocycles. The van der Waals surface area contributed by atoms with E-state index in [1.54, 1.807) is 0 Å². The lowest BCUT2D eigenvalue weighted by atomic mass is 10.2. The van der Waals surface area contributed by atoms with E-state index in [1.165, 1.54) is 5.01 Å². The summed E-state index contributed by atoms with van der Waals surface area (Å²) in [4.78, 5) is 16.7. The lowest BCUT2D eigenvalue weighted by Gasteiger charge is -2.18. The summed E-state index contributed by atoms with van der Waals surface area (Å²) in [7, 11) is -4.34. The Hall–Kier alpha value is 0.0300. The molecule has 6 nitrogen and oxygen atoms in total. The van der Waals surface area contributed by atoms with Crippen molar-refractivity contribution in [2.24, 2.45) is 11.8 Å². The van der Waals surface area contributed by atoms with Crippen LogP contribution in [0.2, 0.25) is 0 Å². The van der Waals surface area contributed by atoms with Gasteiger partial charge in [-0.25, -0.2) is 9.57 Å². The Bertz CT molecular complexity index is 181. The van der Waals surface area contributed by atoms with Crippen LogP contribution in [0.15, 0.2) is 0 Å². The molecule has 13 heavy (non-hydrogen) atoms. The van der Waals surface area contributed by atoms with Crippen LogP contribution in [0.5, 0.6) is 0 Å². The lowest BCUT2D eigenvalue weighted by molar-refractivity contribution is 0.155. The molecule has 80 valence electrons. The van der Waals surface area contributed by atoms with Crippen molar-refractivity contribution in [2.75, 3.05) is 19.7 Å². The highest BCUT2D eigenvalue weighted by atomic mass is 31.2. The minimum atomic E-state index is -4.34. The first kappa shape index (κ1) is 13.0. The number of rotatable bonds is 6. The fourth-order valence-electron chi connectivity index (χ4n) is 0.837. The molecule has 0 aliphatic heterocycles. The first-order valence-corrected chi connectivity index (χ1v) is 5.54. The Morgan fingerprint density at radius 3 is 2.46 bits per heavy atom. The molecular formula is C6H17N2O4P. The zero-order chi connectivity index (χ0) is 10.5. The van der Waals surface area contributed by atoms with Gasteiger partial charge >= 0.3 is 7.82 Å². The van der Waals surface area contributed by atoms with Crippen molar-refractivity contribution in [3.05, 3.63) is 0 Å². The van der Waals surface area contributed by atoms with E-state index in [2.05, 4.69) is 4.52 Å². The number of hydrazine groups is 1. The molecule has 0 amide bonds. The third kappa shape index (κ3) is 9.95. The molecule has 0 saturated heterocycles. The van der Waals surface area contributed by atoms with Gasteiger partial charge in [0.15, 0.2) is 0 Å². The largest absolute Gasteiger partial charge is 0.469 e. The van der Waals surface area contributed by atoms with Crippen molar-refractivity contribution in [2.45, 2.75) is 13.8 Å². The van der Waals surface area contributed by atoms with Crippen molar-refractivity contribution in [1.29, 1.82) is 0 Å². The fraction of sp³-hybridized carbons (Fsp3) is 1.00.